The fourth-order valence-electron chi connectivity index (χ4n) is 5.20. The Hall–Kier alpha value is -4.74. The van der Waals surface area contributed by atoms with Crippen molar-refractivity contribution in [3.05, 3.63) is 77.4 Å². The predicted molar refractivity (Wildman–Crippen MR) is 163 cm³/mol. The molecule has 1 fully saturated rings. The Balaban J connectivity index is 1.29. The van der Waals surface area contributed by atoms with Gasteiger partial charge in [0, 0.05) is 41.6 Å². The molecule has 3 aromatic carbocycles. The van der Waals surface area contributed by atoms with Crippen molar-refractivity contribution in [2.75, 3.05) is 46.0 Å². The first kappa shape index (κ1) is 29.3. The lowest BCUT2D eigenvalue weighted by Gasteiger charge is -2.25. The van der Waals surface area contributed by atoms with E-state index in [0.29, 0.717) is 51.6 Å². The van der Waals surface area contributed by atoms with Crippen LogP contribution in [0.15, 0.2) is 66.9 Å². The number of imidazole rings is 1. The maximum atomic E-state index is 13.7. The van der Waals surface area contributed by atoms with Crippen molar-refractivity contribution in [3.8, 4) is 39.9 Å². The normalized spacial score (nSPS) is 15.2. The maximum absolute atomic E-state index is 13.7. The van der Waals surface area contributed by atoms with Crippen molar-refractivity contribution in [1.29, 1.82) is 0 Å². The van der Waals surface area contributed by atoms with Crippen LogP contribution in [-0.2, 0) is 9.53 Å². The fourth-order valence-corrected chi connectivity index (χ4v) is 5.33. The minimum absolute atomic E-state index is 0.0970. The second-order valence-corrected chi connectivity index (χ2v) is 10.7. The molecular weight excluding hydrogens is 588 g/mol. The molecule has 1 saturated heterocycles. The van der Waals surface area contributed by atoms with Crippen LogP contribution in [0, 0.1) is 0 Å². The lowest BCUT2D eigenvalue weighted by Crippen LogP contribution is -2.42. The topological polar surface area (TPSA) is 113 Å². The number of fused-ring (bicyclic) bond motifs is 1. The number of nitrogens with one attached hydrogen (secondary N) is 1. The minimum Gasteiger partial charge on any atom is -0.493 e. The number of halogens is 1. The van der Waals surface area contributed by atoms with E-state index in [1.54, 1.807) is 61.3 Å². The monoisotopic (exact) mass is 618 g/mol. The van der Waals surface area contributed by atoms with Crippen LogP contribution >= 0.6 is 11.6 Å². The van der Waals surface area contributed by atoms with Crippen molar-refractivity contribution in [2.45, 2.75) is 18.9 Å². The average molecular weight is 619 g/mol. The Morgan fingerprint density at radius 1 is 1.02 bits per heavy atom. The second-order valence-electron chi connectivity index (χ2n) is 10.3. The van der Waals surface area contributed by atoms with Gasteiger partial charge in [0.25, 0.3) is 5.91 Å². The van der Waals surface area contributed by atoms with E-state index < -0.39 is 5.91 Å². The van der Waals surface area contributed by atoms with Crippen molar-refractivity contribution in [2.24, 2.45) is 0 Å². The number of nitrogens with zero attached hydrogens (tertiary/aromatic N) is 3. The minimum atomic E-state index is -0.424. The molecule has 4 aromatic rings. The SMILES string of the molecule is COc1ccc(-n2cc(-c3ccc(Cl)cc3)nc2NC(=O)CN(C[C@@H]2CCCO2)C(=O)c2ccc3c(c2)OCO3)cc1OC. The molecule has 0 aliphatic carbocycles. The summed E-state index contributed by atoms with van der Waals surface area (Å²) in [6.45, 7) is 0.766. The van der Waals surface area contributed by atoms with Gasteiger partial charge in [0.2, 0.25) is 18.6 Å². The second kappa shape index (κ2) is 12.9. The van der Waals surface area contributed by atoms with E-state index in [9.17, 15) is 9.59 Å². The zero-order chi connectivity index (χ0) is 30.6. The molecule has 0 bridgehead atoms. The van der Waals surface area contributed by atoms with Gasteiger partial charge in [-0.25, -0.2) is 4.98 Å². The molecule has 2 aliphatic heterocycles. The van der Waals surface area contributed by atoms with Gasteiger partial charge in [0.05, 0.1) is 31.7 Å². The number of hydrogen-bond acceptors (Lipinski definition) is 8. The molecule has 3 heterocycles. The molecule has 12 heteroatoms. The molecule has 1 atom stereocenters. The summed E-state index contributed by atoms with van der Waals surface area (Å²) in [6, 6.07) is 17.6. The third-order valence-corrected chi connectivity index (χ3v) is 7.68. The Kier molecular flexibility index (Phi) is 8.58. The average Bonchev–Trinajstić information content (AvgIpc) is 3.82. The van der Waals surface area contributed by atoms with Crippen LogP contribution < -0.4 is 24.3 Å². The molecule has 0 spiro atoms. The number of carbonyl (C=O) groups excluding carboxylic acids is 2. The van der Waals surface area contributed by atoms with Gasteiger partial charge in [-0.3, -0.25) is 19.5 Å². The highest BCUT2D eigenvalue weighted by atomic mass is 35.5. The summed E-state index contributed by atoms with van der Waals surface area (Å²) in [5.74, 6) is 1.66. The van der Waals surface area contributed by atoms with Crippen molar-refractivity contribution >= 4 is 29.4 Å². The molecule has 0 saturated carbocycles. The van der Waals surface area contributed by atoms with Gasteiger partial charge >= 0.3 is 0 Å². The molecular formula is C32H31ClN4O7. The van der Waals surface area contributed by atoms with E-state index in [1.807, 2.05) is 24.4 Å². The van der Waals surface area contributed by atoms with Gasteiger partial charge in [-0.1, -0.05) is 23.7 Å². The molecule has 11 nitrogen and oxygen atoms in total. The number of amides is 2. The van der Waals surface area contributed by atoms with Crippen LogP contribution in [0.2, 0.25) is 5.02 Å². The molecule has 1 aromatic heterocycles. The maximum Gasteiger partial charge on any atom is 0.254 e. The largest absolute Gasteiger partial charge is 0.493 e. The fraction of sp³-hybridized carbons (Fsp3) is 0.281. The van der Waals surface area contributed by atoms with E-state index in [-0.39, 0.29) is 37.8 Å². The number of aromatic nitrogens is 2. The number of hydrogen-bond donors (Lipinski definition) is 1. The van der Waals surface area contributed by atoms with E-state index in [0.717, 1.165) is 18.4 Å². The standard InChI is InChI=1S/C32H31ClN4O7/c1-40-26-12-10-23(15-28(26)41-2)37-17-25(20-5-8-22(33)9-6-20)34-32(37)35-30(38)18-36(16-24-4-3-13-42-24)31(39)21-7-11-27-29(14-21)44-19-43-27/h5-12,14-15,17,24H,3-4,13,16,18-19H2,1-2H3,(H,34,35,38)/t24-/m0/s1. The molecule has 228 valence electrons. The van der Waals surface area contributed by atoms with Crippen LogP contribution in [0.25, 0.3) is 16.9 Å². The molecule has 2 amide bonds. The van der Waals surface area contributed by atoms with E-state index >= 15 is 0 Å². The van der Waals surface area contributed by atoms with E-state index in [2.05, 4.69) is 5.32 Å². The number of methoxy groups -OCH3 is 2. The van der Waals surface area contributed by atoms with Gasteiger partial charge in [-0.05, 0) is 55.3 Å². The van der Waals surface area contributed by atoms with Crippen LogP contribution in [0.1, 0.15) is 23.2 Å². The van der Waals surface area contributed by atoms with Gasteiger partial charge in [0.1, 0.15) is 6.54 Å². The van der Waals surface area contributed by atoms with Crippen molar-refractivity contribution < 1.29 is 33.3 Å². The highest BCUT2D eigenvalue weighted by Crippen LogP contribution is 2.34. The van der Waals surface area contributed by atoms with Crippen LogP contribution in [-0.4, -0.2) is 73.1 Å². The van der Waals surface area contributed by atoms with Gasteiger partial charge < -0.3 is 28.6 Å². The molecule has 6 rings (SSSR count). The Labute approximate surface area is 259 Å². The van der Waals surface area contributed by atoms with Crippen LogP contribution in [0.3, 0.4) is 0 Å². The summed E-state index contributed by atoms with van der Waals surface area (Å²) in [7, 11) is 3.11. The molecule has 0 radical (unpaired) electrons. The summed E-state index contributed by atoms with van der Waals surface area (Å²) >= 11 is 6.11. The predicted octanol–water partition coefficient (Wildman–Crippen LogP) is 5.20. The van der Waals surface area contributed by atoms with E-state index in [1.165, 1.54) is 4.90 Å². The van der Waals surface area contributed by atoms with Crippen molar-refractivity contribution in [3.63, 3.8) is 0 Å². The molecule has 1 N–H and O–H groups in total. The summed E-state index contributed by atoms with van der Waals surface area (Å²) < 4.78 is 29.3. The lowest BCUT2D eigenvalue weighted by molar-refractivity contribution is -0.117. The van der Waals surface area contributed by atoms with Crippen LogP contribution in [0.5, 0.6) is 23.0 Å². The summed E-state index contributed by atoms with van der Waals surface area (Å²) in [4.78, 5) is 33.5. The molecule has 0 unspecified atom stereocenters. The zero-order valence-corrected chi connectivity index (χ0v) is 25.0. The molecule has 44 heavy (non-hydrogen) atoms. The smallest absolute Gasteiger partial charge is 0.254 e. The Bertz CT molecular complexity index is 1670. The van der Waals surface area contributed by atoms with Crippen LogP contribution in [0.4, 0.5) is 5.95 Å². The quantitative estimate of drug-likeness (QED) is 0.258. The van der Waals surface area contributed by atoms with E-state index in [4.69, 9.17) is 40.3 Å². The summed E-state index contributed by atoms with van der Waals surface area (Å²) in [6.07, 6.45) is 3.35. The third kappa shape index (κ3) is 6.29. The van der Waals surface area contributed by atoms with Crippen molar-refractivity contribution in [1.82, 2.24) is 14.5 Å². The number of rotatable bonds is 10. The number of ether oxygens (including phenoxy) is 5. The van der Waals surface area contributed by atoms with Gasteiger partial charge in [0.15, 0.2) is 23.0 Å². The lowest BCUT2D eigenvalue weighted by atomic mass is 10.1. The van der Waals surface area contributed by atoms with Gasteiger partial charge in [-0.2, -0.15) is 0 Å². The number of benzene rings is 3. The highest BCUT2D eigenvalue weighted by Gasteiger charge is 2.27. The zero-order valence-electron chi connectivity index (χ0n) is 24.2. The number of carbonyl (C=O) groups is 2. The first-order chi connectivity index (χ1) is 21.4. The van der Waals surface area contributed by atoms with Gasteiger partial charge in [-0.15, -0.1) is 0 Å². The Morgan fingerprint density at radius 3 is 2.57 bits per heavy atom. The highest BCUT2D eigenvalue weighted by molar-refractivity contribution is 6.30. The number of anilines is 1. The third-order valence-electron chi connectivity index (χ3n) is 7.43. The first-order valence-corrected chi connectivity index (χ1v) is 14.5. The summed E-state index contributed by atoms with van der Waals surface area (Å²) in [5.41, 5.74) is 2.48. The molecule has 2 aliphatic rings. The Morgan fingerprint density at radius 2 is 1.82 bits per heavy atom. The summed E-state index contributed by atoms with van der Waals surface area (Å²) in [5, 5.41) is 3.51. The first-order valence-electron chi connectivity index (χ1n) is 14.1.